The van der Waals surface area contributed by atoms with E-state index < -0.39 is 0 Å². The van der Waals surface area contributed by atoms with Gasteiger partial charge in [0.15, 0.2) is 0 Å². The minimum Gasteiger partial charge on any atom is -0.393 e. The molecule has 0 atom stereocenters. The maximum Gasteiger partial charge on any atom is 0.0570 e. The molecule has 14 heavy (non-hydrogen) atoms. The van der Waals surface area contributed by atoms with Gasteiger partial charge in [0, 0.05) is 17.1 Å². The van der Waals surface area contributed by atoms with Crippen LogP contribution in [0.3, 0.4) is 0 Å². The van der Waals surface area contributed by atoms with Gasteiger partial charge in [0.1, 0.15) is 0 Å². The van der Waals surface area contributed by atoms with Crippen molar-refractivity contribution >= 4 is 15.9 Å². The summed E-state index contributed by atoms with van der Waals surface area (Å²) in [6.45, 7) is 0.894. The lowest BCUT2D eigenvalue weighted by atomic mass is 9.89. The molecule has 0 aromatic heterocycles. The first kappa shape index (κ1) is 10.1. The van der Waals surface area contributed by atoms with Gasteiger partial charge in [-0.3, -0.25) is 0 Å². The Balaban J connectivity index is 1.78. The average Bonchev–Trinajstić information content (AvgIpc) is 2.13. The number of halogens is 1. The van der Waals surface area contributed by atoms with Gasteiger partial charge in [-0.2, -0.15) is 0 Å². The highest BCUT2D eigenvalue weighted by Crippen LogP contribution is 2.20. The molecule has 2 rings (SSSR count). The Morgan fingerprint density at radius 3 is 2.50 bits per heavy atom. The number of hydrogen-bond donors (Lipinski definition) is 2. The predicted octanol–water partition coefficient (Wildman–Crippen LogP) is 2.06. The second-order valence-electron chi connectivity index (χ2n) is 3.83. The molecular weight excluding hydrogens is 242 g/mol. The van der Waals surface area contributed by atoms with Gasteiger partial charge < -0.3 is 10.4 Å². The van der Waals surface area contributed by atoms with E-state index in [2.05, 4.69) is 33.4 Å². The molecule has 0 heterocycles. The predicted molar refractivity (Wildman–Crippen MR) is 60.0 cm³/mol. The van der Waals surface area contributed by atoms with Crippen molar-refractivity contribution < 1.29 is 5.11 Å². The van der Waals surface area contributed by atoms with Gasteiger partial charge in [0.2, 0.25) is 0 Å². The highest BCUT2D eigenvalue weighted by atomic mass is 79.9. The van der Waals surface area contributed by atoms with E-state index in [0.29, 0.717) is 6.04 Å². The third kappa shape index (κ3) is 2.56. The summed E-state index contributed by atoms with van der Waals surface area (Å²) in [6.07, 6.45) is 1.73. The molecule has 1 fully saturated rings. The molecule has 2 N–H and O–H groups in total. The summed E-state index contributed by atoms with van der Waals surface area (Å²) >= 11 is 3.40. The number of hydrogen-bond acceptors (Lipinski definition) is 2. The monoisotopic (exact) mass is 255 g/mol. The van der Waals surface area contributed by atoms with Gasteiger partial charge in [-0.25, -0.2) is 0 Å². The molecule has 1 aromatic rings. The topological polar surface area (TPSA) is 32.3 Å². The van der Waals surface area contributed by atoms with Crippen LogP contribution in [0.1, 0.15) is 18.4 Å². The van der Waals surface area contributed by atoms with E-state index >= 15 is 0 Å². The van der Waals surface area contributed by atoms with Crippen molar-refractivity contribution in [2.24, 2.45) is 0 Å². The third-order valence-corrected chi connectivity index (χ3v) is 3.15. The molecule has 1 aromatic carbocycles. The van der Waals surface area contributed by atoms with E-state index in [1.165, 1.54) is 5.56 Å². The number of benzene rings is 1. The number of nitrogens with one attached hydrogen (secondary N) is 1. The van der Waals surface area contributed by atoms with Gasteiger partial charge in [0.05, 0.1) is 6.10 Å². The van der Waals surface area contributed by atoms with Crippen LogP contribution >= 0.6 is 15.9 Å². The first-order chi connectivity index (χ1) is 6.74. The summed E-state index contributed by atoms with van der Waals surface area (Å²) in [7, 11) is 0. The zero-order valence-corrected chi connectivity index (χ0v) is 9.50. The van der Waals surface area contributed by atoms with Crippen LogP contribution in [-0.4, -0.2) is 17.3 Å². The SMILES string of the molecule is OC1CC(NCc2ccc(Br)cc2)C1. The Hall–Kier alpha value is -0.380. The Morgan fingerprint density at radius 2 is 1.93 bits per heavy atom. The van der Waals surface area contributed by atoms with Crippen molar-refractivity contribution in [3.05, 3.63) is 34.3 Å². The molecule has 0 radical (unpaired) electrons. The van der Waals surface area contributed by atoms with Crippen molar-refractivity contribution in [3.63, 3.8) is 0 Å². The molecular formula is C11H14BrNO. The summed E-state index contributed by atoms with van der Waals surface area (Å²) < 4.78 is 1.11. The van der Waals surface area contributed by atoms with Crippen LogP contribution in [0.4, 0.5) is 0 Å². The molecule has 0 amide bonds. The molecule has 0 bridgehead atoms. The smallest absolute Gasteiger partial charge is 0.0570 e. The van der Waals surface area contributed by atoms with Crippen molar-refractivity contribution in [1.29, 1.82) is 0 Å². The van der Waals surface area contributed by atoms with Crippen molar-refractivity contribution in [3.8, 4) is 0 Å². The van der Waals surface area contributed by atoms with E-state index in [1.807, 2.05) is 12.1 Å². The lowest BCUT2D eigenvalue weighted by molar-refractivity contribution is 0.0619. The molecule has 0 aliphatic heterocycles. The van der Waals surface area contributed by atoms with Crippen LogP contribution in [-0.2, 0) is 6.54 Å². The molecule has 3 heteroatoms. The highest BCUT2D eigenvalue weighted by Gasteiger charge is 2.26. The molecule has 2 nitrogen and oxygen atoms in total. The molecule has 76 valence electrons. The number of aliphatic hydroxyl groups excluding tert-OH is 1. The first-order valence-corrected chi connectivity index (χ1v) is 5.69. The minimum atomic E-state index is -0.0718. The van der Waals surface area contributed by atoms with E-state index in [4.69, 9.17) is 5.11 Å². The van der Waals surface area contributed by atoms with E-state index in [1.54, 1.807) is 0 Å². The third-order valence-electron chi connectivity index (χ3n) is 2.62. The highest BCUT2D eigenvalue weighted by molar-refractivity contribution is 9.10. The summed E-state index contributed by atoms with van der Waals surface area (Å²) in [5.41, 5.74) is 1.29. The van der Waals surface area contributed by atoms with Gasteiger partial charge in [-0.05, 0) is 30.5 Å². The Labute approximate surface area is 92.5 Å². The largest absolute Gasteiger partial charge is 0.393 e. The molecule has 1 aliphatic carbocycles. The molecule has 0 unspecified atom stereocenters. The lowest BCUT2D eigenvalue weighted by Gasteiger charge is -2.32. The fourth-order valence-electron chi connectivity index (χ4n) is 1.62. The van der Waals surface area contributed by atoms with E-state index in [0.717, 1.165) is 23.9 Å². The van der Waals surface area contributed by atoms with Crippen molar-refractivity contribution in [2.75, 3.05) is 0 Å². The zero-order chi connectivity index (χ0) is 9.97. The van der Waals surface area contributed by atoms with Crippen LogP contribution in [0.15, 0.2) is 28.7 Å². The average molecular weight is 256 g/mol. The normalized spacial score (nSPS) is 25.9. The van der Waals surface area contributed by atoms with Crippen molar-refractivity contribution in [1.82, 2.24) is 5.32 Å². The van der Waals surface area contributed by atoms with Gasteiger partial charge in [0.25, 0.3) is 0 Å². The van der Waals surface area contributed by atoms with Gasteiger partial charge >= 0.3 is 0 Å². The summed E-state index contributed by atoms with van der Waals surface area (Å²) in [4.78, 5) is 0. The van der Waals surface area contributed by atoms with Crippen LogP contribution < -0.4 is 5.32 Å². The fraction of sp³-hybridized carbons (Fsp3) is 0.455. The Kier molecular flexibility index (Phi) is 3.21. The maximum absolute atomic E-state index is 9.11. The molecule has 1 saturated carbocycles. The van der Waals surface area contributed by atoms with E-state index in [9.17, 15) is 0 Å². The number of rotatable bonds is 3. The second-order valence-corrected chi connectivity index (χ2v) is 4.75. The Morgan fingerprint density at radius 1 is 1.29 bits per heavy atom. The summed E-state index contributed by atoms with van der Waals surface area (Å²) in [5, 5.41) is 12.5. The van der Waals surface area contributed by atoms with Crippen LogP contribution in [0, 0.1) is 0 Å². The quantitative estimate of drug-likeness (QED) is 0.867. The van der Waals surface area contributed by atoms with Crippen LogP contribution in [0.2, 0.25) is 0 Å². The minimum absolute atomic E-state index is 0.0718. The first-order valence-electron chi connectivity index (χ1n) is 4.90. The summed E-state index contributed by atoms with van der Waals surface area (Å²) in [6, 6.07) is 8.81. The molecule has 0 spiro atoms. The molecule has 1 aliphatic rings. The molecule has 0 saturated heterocycles. The Bertz CT molecular complexity index is 293. The zero-order valence-electron chi connectivity index (χ0n) is 7.91. The van der Waals surface area contributed by atoms with Gasteiger partial charge in [-0.1, -0.05) is 28.1 Å². The fourth-order valence-corrected chi connectivity index (χ4v) is 1.88. The number of aliphatic hydroxyl groups is 1. The summed E-state index contributed by atoms with van der Waals surface area (Å²) in [5.74, 6) is 0. The van der Waals surface area contributed by atoms with Crippen molar-refractivity contribution in [2.45, 2.75) is 31.5 Å². The maximum atomic E-state index is 9.11. The lowest BCUT2D eigenvalue weighted by Crippen LogP contribution is -2.43. The van der Waals surface area contributed by atoms with Crippen LogP contribution in [0.25, 0.3) is 0 Å². The standard InChI is InChI=1S/C11H14BrNO/c12-9-3-1-8(2-4-9)7-13-10-5-11(14)6-10/h1-4,10-11,13-14H,5-7H2. The second kappa shape index (κ2) is 4.43. The van der Waals surface area contributed by atoms with E-state index in [-0.39, 0.29) is 6.10 Å². The van der Waals surface area contributed by atoms with Crippen LogP contribution in [0.5, 0.6) is 0 Å². The van der Waals surface area contributed by atoms with Gasteiger partial charge in [-0.15, -0.1) is 0 Å².